The Balaban J connectivity index is 2.40. The highest BCUT2D eigenvalue weighted by atomic mass is 14.6. The summed E-state index contributed by atoms with van der Waals surface area (Å²) in [7, 11) is 0. The van der Waals surface area contributed by atoms with Gasteiger partial charge in [-0.2, -0.15) is 0 Å². The average molecular weight is 209 g/mol. The van der Waals surface area contributed by atoms with Crippen LogP contribution in [-0.4, -0.2) is 6.04 Å². The number of allylic oxidation sites excluding steroid dienone is 1. The Bertz CT molecular complexity index is 174. The van der Waals surface area contributed by atoms with Crippen LogP contribution in [-0.2, 0) is 0 Å². The van der Waals surface area contributed by atoms with Gasteiger partial charge in [0.05, 0.1) is 0 Å². The van der Waals surface area contributed by atoms with E-state index in [0.717, 1.165) is 0 Å². The molecule has 0 amide bonds. The largest absolute Gasteiger partial charge is 0.327 e. The van der Waals surface area contributed by atoms with Crippen LogP contribution in [0.2, 0.25) is 0 Å². The van der Waals surface area contributed by atoms with Crippen molar-refractivity contribution in [3.8, 4) is 0 Å². The fraction of sp³-hybridized carbons (Fsp3) is 0.857. The van der Waals surface area contributed by atoms with Gasteiger partial charge in [-0.25, -0.2) is 0 Å². The average Bonchev–Trinajstić information content (AvgIpc) is 2.33. The molecule has 1 heteroatoms. The van der Waals surface area contributed by atoms with Crippen molar-refractivity contribution in [2.75, 3.05) is 0 Å². The molecule has 1 saturated carbocycles. The third-order valence-corrected chi connectivity index (χ3v) is 3.46. The highest BCUT2D eigenvalue weighted by Gasteiger charge is 2.15. The number of nitrogens with two attached hydrogens (primary N) is 1. The molecule has 0 radical (unpaired) electrons. The van der Waals surface area contributed by atoms with Crippen LogP contribution in [0.25, 0.3) is 0 Å². The van der Waals surface area contributed by atoms with Crippen LogP contribution < -0.4 is 5.73 Å². The van der Waals surface area contributed by atoms with E-state index in [9.17, 15) is 0 Å². The SMILES string of the molecule is CCC/C=C\C1CCCCCCCC1N. The first kappa shape index (κ1) is 12.8. The fourth-order valence-electron chi connectivity index (χ4n) is 2.40. The van der Waals surface area contributed by atoms with Crippen LogP contribution in [0.15, 0.2) is 12.2 Å². The Morgan fingerprint density at radius 3 is 2.47 bits per heavy atom. The van der Waals surface area contributed by atoms with Gasteiger partial charge in [0.25, 0.3) is 0 Å². The monoisotopic (exact) mass is 209 g/mol. The molecule has 1 fully saturated rings. The van der Waals surface area contributed by atoms with Gasteiger partial charge >= 0.3 is 0 Å². The summed E-state index contributed by atoms with van der Waals surface area (Å²) in [6.07, 6.45) is 16.6. The molecule has 0 saturated heterocycles. The van der Waals surface area contributed by atoms with Crippen LogP contribution in [0.1, 0.15) is 64.7 Å². The molecule has 1 aliphatic rings. The number of hydrogen-bond acceptors (Lipinski definition) is 1. The Kier molecular flexibility index (Phi) is 6.74. The van der Waals surface area contributed by atoms with Crippen LogP contribution in [0.5, 0.6) is 0 Å². The van der Waals surface area contributed by atoms with E-state index in [2.05, 4.69) is 19.1 Å². The third kappa shape index (κ3) is 5.36. The van der Waals surface area contributed by atoms with Gasteiger partial charge < -0.3 is 5.73 Å². The van der Waals surface area contributed by atoms with Crippen LogP contribution in [0.3, 0.4) is 0 Å². The van der Waals surface area contributed by atoms with E-state index in [1.54, 1.807) is 0 Å². The summed E-state index contributed by atoms with van der Waals surface area (Å²) in [5.41, 5.74) is 6.25. The van der Waals surface area contributed by atoms with Crippen molar-refractivity contribution in [3.63, 3.8) is 0 Å². The molecule has 2 atom stereocenters. The molecule has 0 aromatic heterocycles. The molecule has 1 rings (SSSR count). The maximum Gasteiger partial charge on any atom is 0.0102 e. The molecule has 1 nitrogen and oxygen atoms in total. The van der Waals surface area contributed by atoms with Crippen molar-refractivity contribution in [1.82, 2.24) is 0 Å². The molecule has 88 valence electrons. The van der Waals surface area contributed by atoms with E-state index in [0.29, 0.717) is 12.0 Å². The van der Waals surface area contributed by atoms with Crippen LogP contribution >= 0.6 is 0 Å². The molecular formula is C14H27N. The highest BCUT2D eigenvalue weighted by Crippen LogP contribution is 2.22. The molecule has 0 aliphatic heterocycles. The van der Waals surface area contributed by atoms with Gasteiger partial charge in [-0.1, -0.05) is 57.6 Å². The van der Waals surface area contributed by atoms with Crippen molar-refractivity contribution in [3.05, 3.63) is 12.2 Å². The Labute approximate surface area is 95.1 Å². The summed E-state index contributed by atoms with van der Waals surface area (Å²) in [4.78, 5) is 0. The minimum absolute atomic E-state index is 0.413. The zero-order valence-corrected chi connectivity index (χ0v) is 10.3. The lowest BCUT2D eigenvalue weighted by Gasteiger charge is -2.19. The summed E-state index contributed by atoms with van der Waals surface area (Å²) in [6.45, 7) is 2.23. The smallest absolute Gasteiger partial charge is 0.0102 e. The first-order chi connectivity index (χ1) is 7.34. The van der Waals surface area contributed by atoms with Crippen molar-refractivity contribution in [2.24, 2.45) is 11.7 Å². The molecule has 0 spiro atoms. The Hall–Kier alpha value is -0.300. The lowest BCUT2D eigenvalue weighted by Crippen LogP contribution is -2.28. The summed E-state index contributed by atoms with van der Waals surface area (Å²) in [6, 6.07) is 0.413. The minimum Gasteiger partial charge on any atom is -0.327 e. The molecule has 15 heavy (non-hydrogen) atoms. The topological polar surface area (TPSA) is 26.0 Å². The predicted molar refractivity (Wildman–Crippen MR) is 67.8 cm³/mol. The number of rotatable bonds is 3. The van der Waals surface area contributed by atoms with Gasteiger partial charge in [-0.05, 0) is 25.2 Å². The number of hydrogen-bond donors (Lipinski definition) is 1. The lowest BCUT2D eigenvalue weighted by molar-refractivity contribution is 0.437. The fourth-order valence-corrected chi connectivity index (χ4v) is 2.40. The lowest BCUT2D eigenvalue weighted by atomic mass is 9.91. The van der Waals surface area contributed by atoms with E-state index in [1.165, 1.54) is 57.8 Å². The zero-order valence-electron chi connectivity index (χ0n) is 10.3. The first-order valence-corrected chi connectivity index (χ1v) is 6.77. The number of unbranched alkanes of at least 4 members (excludes halogenated alkanes) is 1. The second kappa shape index (κ2) is 7.92. The van der Waals surface area contributed by atoms with Gasteiger partial charge in [-0.3, -0.25) is 0 Å². The molecule has 0 heterocycles. The van der Waals surface area contributed by atoms with E-state index < -0.39 is 0 Å². The first-order valence-electron chi connectivity index (χ1n) is 6.77. The molecule has 2 unspecified atom stereocenters. The second-order valence-electron chi connectivity index (χ2n) is 4.89. The standard InChI is InChI=1S/C14H27N/c1-2-3-7-10-13-11-8-5-4-6-9-12-14(13)15/h7,10,13-14H,2-6,8-9,11-12,15H2,1H3/b10-7-. The van der Waals surface area contributed by atoms with Gasteiger partial charge in [0.1, 0.15) is 0 Å². The van der Waals surface area contributed by atoms with Crippen LogP contribution in [0.4, 0.5) is 0 Å². The second-order valence-corrected chi connectivity index (χ2v) is 4.89. The molecule has 2 N–H and O–H groups in total. The van der Waals surface area contributed by atoms with Crippen molar-refractivity contribution in [2.45, 2.75) is 70.8 Å². The zero-order chi connectivity index (χ0) is 10.9. The Morgan fingerprint density at radius 1 is 1.07 bits per heavy atom. The molecule has 1 aliphatic carbocycles. The summed E-state index contributed by atoms with van der Waals surface area (Å²) >= 11 is 0. The molecule has 0 aromatic rings. The normalized spacial score (nSPS) is 29.7. The molecule has 0 bridgehead atoms. The highest BCUT2D eigenvalue weighted by molar-refractivity contribution is 4.93. The molecule has 0 aromatic carbocycles. The summed E-state index contributed by atoms with van der Waals surface area (Å²) in [5, 5.41) is 0. The van der Waals surface area contributed by atoms with E-state index in [4.69, 9.17) is 5.73 Å². The van der Waals surface area contributed by atoms with Crippen LogP contribution in [0, 0.1) is 5.92 Å². The minimum atomic E-state index is 0.413. The van der Waals surface area contributed by atoms with Crippen molar-refractivity contribution in [1.29, 1.82) is 0 Å². The van der Waals surface area contributed by atoms with Gasteiger partial charge in [0.15, 0.2) is 0 Å². The predicted octanol–water partition coefficient (Wildman–Crippen LogP) is 4.03. The van der Waals surface area contributed by atoms with Gasteiger partial charge in [0, 0.05) is 6.04 Å². The third-order valence-electron chi connectivity index (χ3n) is 3.46. The molecular weight excluding hydrogens is 182 g/mol. The van der Waals surface area contributed by atoms with Crippen molar-refractivity contribution >= 4 is 0 Å². The van der Waals surface area contributed by atoms with Gasteiger partial charge in [0.2, 0.25) is 0 Å². The summed E-state index contributed by atoms with van der Waals surface area (Å²) < 4.78 is 0. The van der Waals surface area contributed by atoms with E-state index in [-0.39, 0.29) is 0 Å². The van der Waals surface area contributed by atoms with E-state index in [1.807, 2.05) is 0 Å². The van der Waals surface area contributed by atoms with Gasteiger partial charge in [-0.15, -0.1) is 0 Å². The Morgan fingerprint density at radius 2 is 1.73 bits per heavy atom. The maximum atomic E-state index is 6.25. The quantitative estimate of drug-likeness (QED) is 0.698. The van der Waals surface area contributed by atoms with E-state index >= 15 is 0 Å². The maximum absolute atomic E-state index is 6.25. The van der Waals surface area contributed by atoms with Crippen molar-refractivity contribution < 1.29 is 0 Å². The summed E-state index contributed by atoms with van der Waals surface area (Å²) in [5.74, 6) is 0.648.